The third kappa shape index (κ3) is 3.07. The predicted molar refractivity (Wildman–Crippen MR) is 75.5 cm³/mol. The van der Waals surface area contributed by atoms with E-state index in [1.165, 1.54) is 11.3 Å². The van der Waals surface area contributed by atoms with Crippen molar-refractivity contribution in [2.75, 3.05) is 23.8 Å². The van der Waals surface area contributed by atoms with Crippen LogP contribution in [0.5, 0.6) is 0 Å². The molecular formula is C15H20N2O2. The Balaban J connectivity index is 1.51. The second kappa shape index (κ2) is 5.61. The standard InChI is InChI=1S/C15H20N2O2/c18-15(6-4-13-2-1-9-19-13)17-12-3-5-14-11(10-12)7-8-16-14/h3,5,10,13,16H,1-2,4,6-9H2,(H,17,18). The number of carbonyl (C=O) groups is 1. The first-order valence-corrected chi connectivity index (χ1v) is 7.09. The molecule has 4 heteroatoms. The Labute approximate surface area is 113 Å². The largest absolute Gasteiger partial charge is 0.384 e. The highest BCUT2D eigenvalue weighted by Crippen LogP contribution is 2.25. The van der Waals surface area contributed by atoms with Gasteiger partial charge in [0.25, 0.3) is 0 Å². The second-order valence-corrected chi connectivity index (χ2v) is 5.27. The molecule has 1 fully saturated rings. The Hall–Kier alpha value is -1.55. The number of nitrogens with one attached hydrogen (secondary N) is 2. The van der Waals surface area contributed by atoms with E-state index >= 15 is 0 Å². The van der Waals surface area contributed by atoms with Gasteiger partial charge in [0.05, 0.1) is 6.10 Å². The number of fused-ring (bicyclic) bond motifs is 1. The Bertz CT molecular complexity index is 467. The summed E-state index contributed by atoms with van der Waals surface area (Å²) < 4.78 is 5.53. The summed E-state index contributed by atoms with van der Waals surface area (Å²) in [6, 6.07) is 6.07. The first-order valence-electron chi connectivity index (χ1n) is 7.09. The Morgan fingerprint density at radius 1 is 1.47 bits per heavy atom. The summed E-state index contributed by atoms with van der Waals surface area (Å²) in [4.78, 5) is 11.9. The Morgan fingerprint density at radius 3 is 3.26 bits per heavy atom. The number of benzene rings is 1. The van der Waals surface area contributed by atoms with Gasteiger partial charge >= 0.3 is 0 Å². The molecule has 102 valence electrons. The molecule has 1 saturated heterocycles. The number of amides is 1. The minimum absolute atomic E-state index is 0.0846. The van der Waals surface area contributed by atoms with Crippen LogP contribution in [0, 0.1) is 0 Å². The van der Waals surface area contributed by atoms with Gasteiger partial charge in [0.1, 0.15) is 0 Å². The van der Waals surface area contributed by atoms with Crippen molar-refractivity contribution in [1.29, 1.82) is 0 Å². The number of rotatable bonds is 4. The van der Waals surface area contributed by atoms with E-state index < -0.39 is 0 Å². The lowest BCUT2D eigenvalue weighted by molar-refractivity contribution is -0.116. The normalized spacial score (nSPS) is 20.9. The van der Waals surface area contributed by atoms with Crippen LogP contribution in [0.25, 0.3) is 0 Å². The summed E-state index contributed by atoms with van der Waals surface area (Å²) in [5, 5.41) is 6.29. The fourth-order valence-electron chi connectivity index (χ4n) is 2.77. The van der Waals surface area contributed by atoms with Gasteiger partial charge in [0.15, 0.2) is 0 Å². The van der Waals surface area contributed by atoms with Crippen LogP contribution in [0.3, 0.4) is 0 Å². The van der Waals surface area contributed by atoms with Gasteiger partial charge in [-0.3, -0.25) is 4.79 Å². The summed E-state index contributed by atoms with van der Waals surface area (Å²) >= 11 is 0. The van der Waals surface area contributed by atoms with Crippen LogP contribution in [0.4, 0.5) is 11.4 Å². The maximum Gasteiger partial charge on any atom is 0.224 e. The molecule has 1 aromatic rings. The summed E-state index contributed by atoms with van der Waals surface area (Å²) in [5.74, 6) is 0.0846. The number of ether oxygens (including phenoxy) is 1. The van der Waals surface area contributed by atoms with Crippen LogP contribution in [-0.2, 0) is 16.0 Å². The molecule has 1 amide bonds. The third-order valence-corrected chi connectivity index (χ3v) is 3.82. The summed E-state index contributed by atoms with van der Waals surface area (Å²) in [6.07, 6.45) is 4.92. The van der Waals surface area contributed by atoms with Crippen molar-refractivity contribution in [3.63, 3.8) is 0 Å². The molecule has 0 bridgehead atoms. The van der Waals surface area contributed by atoms with E-state index in [1.807, 2.05) is 12.1 Å². The lowest BCUT2D eigenvalue weighted by atomic mass is 10.1. The van der Waals surface area contributed by atoms with E-state index in [1.54, 1.807) is 0 Å². The van der Waals surface area contributed by atoms with Crippen molar-refractivity contribution in [1.82, 2.24) is 0 Å². The molecule has 0 saturated carbocycles. The maximum absolute atomic E-state index is 11.9. The molecular weight excluding hydrogens is 240 g/mol. The van der Waals surface area contributed by atoms with Gasteiger partial charge in [-0.15, -0.1) is 0 Å². The molecule has 2 aliphatic rings. The summed E-state index contributed by atoms with van der Waals surface area (Å²) in [5.41, 5.74) is 3.38. The molecule has 1 aromatic carbocycles. The molecule has 1 atom stereocenters. The molecule has 19 heavy (non-hydrogen) atoms. The minimum Gasteiger partial charge on any atom is -0.384 e. The fraction of sp³-hybridized carbons (Fsp3) is 0.533. The van der Waals surface area contributed by atoms with Crippen LogP contribution >= 0.6 is 0 Å². The predicted octanol–water partition coefficient (Wildman–Crippen LogP) is 2.55. The number of hydrogen-bond acceptors (Lipinski definition) is 3. The average molecular weight is 260 g/mol. The topological polar surface area (TPSA) is 50.4 Å². The third-order valence-electron chi connectivity index (χ3n) is 3.82. The van der Waals surface area contributed by atoms with Crippen LogP contribution in [0.1, 0.15) is 31.2 Å². The smallest absolute Gasteiger partial charge is 0.224 e. The number of anilines is 2. The highest BCUT2D eigenvalue weighted by atomic mass is 16.5. The van der Waals surface area contributed by atoms with E-state index in [0.717, 1.165) is 44.5 Å². The molecule has 2 heterocycles. The molecule has 0 spiro atoms. The van der Waals surface area contributed by atoms with E-state index in [4.69, 9.17) is 4.74 Å². The van der Waals surface area contributed by atoms with Crippen molar-refractivity contribution in [3.8, 4) is 0 Å². The zero-order valence-electron chi connectivity index (χ0n) is 11.1. The lowest BCUT2D eigenvalue weighted by Gasteiger charge is -2.10. The SMILES string of the molecule is O=C(CCC1CCCO1)Nc1ccc2c(c1)CCN2. The molecule has 2 N–H and O–H groups in total. The van der Waals surface area contributed by atoms with Crippen LogP contribution in [0.15, 0.2) is 18.2 Å². The van der Waals surface area contributed by atoms with E-state index in [-0.39, 0.29) is 12.0 Å². The first kappa shape index (κ1) is 12.5. The summed E-state index contributed by atoms with van der Waals surface area (Å²) in [6.45, 7) is 1.84. The van der Waals surface area contributed by atoms with E-state index in [9.17, 15) is 4.79 Å². The van der Waals surface area contributed by atoms with Crippen molar-refractivity contribution in [2.24, 2.45) is 0 Å². The quantitative estimate of drug-likeness (QED) is 0.874. The lowest BCUT2D eigenvalue weighted by Crippen LogP contribution is -2.15. The van der Waals surface area contributed by atoms with Crippen molar-refractivity contribution >= 4 is 17.3 Å². The zero-order chi connectivity index (χ0) is 13.1. The van der Waals surface area contributed by atoms with Crippen molar-refractivity contribution < 1.29 is 9.53 Å². The van der Waals surface area contributed by atoms with Gasteiger partial charge in [0.2, 0.25) is 5.91 Å². The zero-order valence-corrected chi connectivity index (χ0v) is 11.1. The summed E-state index contributed by atoms with van der Waals surface area (Å²) in [7, 11) is 0. The van der Waals surface area contributed by atoms with Gasteiger partial charge in [-0.05, 0) is 49.4 Å². The van der Waals surface area contributed by atoms with E-state index in [2.05, 4.69) is 16.7 Å². The Kier molecular flexibility index (Phi) is 3.69. The monoisotopic (exact) mass is 260 g/mol. The fourth-order valence-corrected chi connectivity index (χ4v) is 2.77. The van der Waals surface area contributed by atoms with Crippen LogP contribution in [0.2, 0.25) is 0 Å². The minimum atomic E-state index is 0.0846. The van der Waals surface area contributed by atoms with Gasteiger partial charge in [-0.25, -0.2) is 0 Å². The van der Waals surface area contributed by atoms with Gasteiger partial charge in [-0.1, -0.05) is 0 Å². The number of carbonyl (C=O) groups excluding carboxylic acids is 1. The maximum atomic E-state index is 11.9. The molecule has 1 unspecified atom stereocenters. The highest BCUT2D eigenvalue weighted by Gasteiger charge is 2.17. The van der Waals surface area contributed by atoms with Gasteiger partial charge in [-0.2, -0.15) is 0 Å². The van der Waals surface area contributed by atoms with Crippen LogP contribution in [-0.4, -0.2) is 25.2 Å². The molecule has 2 aliphatic heterocycles. The molecule has 4 nitrogen and oxygen atoms in total. The molecule has 0 aromatic heterocycles. The van der Waals surface area contributed by atoms with Crippen LogP contribution < -0.4 is 10.6 Å². The molecule has 3 rings (SSSR count). The molecule has 0 aliphatic carbocycles. The second-order valence-electron chi connectivity index (χ2n) is 5.27. The van der Waals surface area contributed by atoms with Gasteiger partial charge in [0, 0.05) is 30.9 Å². The van der Waals surface area contributed by atoms with Crippen molar-refractivity contribution in [2.45, 2.75) is 38.2 Å². The van der Waals surface area contributed by atoms with Crippen molar-refractivity contribution in [3.05, 3.63) is 23.8 Å². The van der Waals surface area contributed by atoms with Gasteiger partial charge < -0.3 is 15.4 Å². The molecule has 0 radical (unpaired) electrons. The first-order chi connectivity index (χ1) is 9.31. The van der Waals surface area contributed by atoms with E-state index in [0.29, 0.717) is 6.42 Å². The number of hydrogen-bond donors (Lipinski definition) is 2. The highest BCUT2D eigenvalue weighted by molar-refractivity contribution is 5.91. The average Bonchev–Trinajstić information content (AvgIpc) is 3.07. The Morgan fingerprint density at radius 2 is 2.42 bits per heavy atom.